The Morgan fingerprint density at radius 2 is 1.96 bits per heavy atom. The van der Waals surface area contributed by atoms with Gasteiger partial charge in [0.2, 0.25) is 0 Å². The average molecular weight is 409 g/mol. The maximum absolute atomic E-state index is 12.9. The van der Waals surface area contributed by atoms with Crippen LogP contribution in [0.25, 0.3) is 0 Å². The SMILES string of the molecule is [2H]C([2H])(C1CCCCC1)S(=O)(=O)c1cccc(C(O)CCNC(=O)C(F)(F)F)c1. The van der Waals surface area contributed by atoms with Gasteiger partial charge >= 0.3 is 12.1 Å². The van der Waals surface area contributed by atoms with Crippen molar-refractivity contribution < 1.29 is 34.2 Å². The van der Waals surface area contributed by atoms with E-state index in [4.69, 9.17) is 2.74 Å². The second kappa shape index (κ2) is 9.05. The zero-order valence-electron chi connectivity index (χ0n) is 16.6. The molecule has 0 aliphatic heterocycles. The van der Waals surface area contributed by atoms with E-state index in [1.165, 1.54) is 18.2 Å². The van der Waals surface area contributed by atoms with Gasteiger partial charge in [-0.25, -0.2) is 8.42 Å². The predicted octanol–water partition coefficient (Wildman–Crippen LogP) is 3.14. The molecule has 1 fully saturated rings. The summed E-state index contributed by atoms with van der Waals surface area (Å²) in [6.45, 7) is -0.459. The Hall–Kier alpha value is -1.61. The lowest BCUT2D eigenvalue weighted by Crippen LogP contribution is -2.37. The standard InChI is InChI=1S/C18H24F3NO4S/c19-18(20,21)17(24)22-10-9-16(23)14-7-4-8-15(11-14)27(25,26)12-13-5-2-1-3-6-13/h4,7-8,11,13,16,23H,1-3,5-6,9-10,12H2,(H,22,24)/i12D2. The molecule has 0 heterocycles. The van der Waals surface area contributed by atoms with E-state index < -0.39 is 46.2 Å². The van der Waals surface area contributed by atoms with Crippen molar-refractivity contribution in [1.82, 2.24) is 5.32 Å². The molecule has 2 rings (SSSR count). The molecular weight excluding hydrogens is 383 g/mol. The van der Waals surface area contributed by atoms with E-state index in [2.05, 4.69) is 0 Å². The monoisotopic (exact) mass is 409 g/mol. The first kappa shape index (κ1) is 18.7. The number of aliphatic hydroxyl groups is 1. The van der Waals surface area contributed by atoms with Crippen molar-refractivity contribution in [2.45, 2.75) is 55.7 Å². The molecule has 0 aromatic heterocycles. The van der Waals surface area contributed by atoms with Gasteiger partial charge in [0.15, 0.2) is 9.84 Å². The third-order valence-electron chi connectivity index (χ3n) is 4.44. The molecule has 0 radical (unpaired) electrons. The van der Waals surface area contributed by atoms with Crippen molar-refractivity contribution in [3.63, 3.8) is 0 Å². The number of carbonyl (C=O) groups excluding carboxylic acids is 1. The van der Waals surface area contributed by atoms with Gasteiger partial charge in [-0.15, -0.1) is 0 Å². The van der Waals surface area contributed by atoms with Gasteiger partial charge in [-0.2, -0.15) is 13.2 Å². The normalized spacial score (nSPS) is 19.1. The topological polar surface area (TPSA) is 83.5 Å². The van der Waals surface area contributed by atoms with Crippen molar-refractivity contribution in [3.05, 3.63) is 29.8 Å². The van der Waals surface area contributed by atoms with Gasteiger partial charge < -0.3 is 10.4 Å². The fourth-order valence-corrected chi connectivity index (χ4v) is 4.35. The molecule has 2 N–H and O–H groups in total. The van der Waals surface area contributed by atoms with Crippen LogP contribution < -0.4 is 5.32 Å². The highest BCUT2D eigenvalue weighted by molar-refractivity contribution is 7.91. The third kappa shape index (κ3) is 6.49. The van der Waals surface area contributed by atoms with Gasteiger partial charge in [0.05, 0.1) is 16.7 Å². The molecule has 27 heavy (non-hydrogen) atoms. The second-order valence-electron chi connectivity index (χ2n) is 6.59. The van der Waals surface area contributed by atoms with Crippen LogP contribution in [0, 0.1) is 5.92 Å². The van der Waals surface area contributed by atoms with Crippen LogP contribution in [-0.4, -0.2) is 37.9 Å². The van der Waals surface area contributed by atoms with Crippen molar-refractivity contribution in [3.8, 4) is 0 Å². The molecule has 0 spiro atoms. The molecule has 1 aromatic carbocycles. The molecular formula is C18H24F3NO4S. The summed E-state index contributed by atoms with van der Waals surface area (Å²) < 4.78 is 78.7. The third-order valence-corrected chi connectivity index (χ3v) is 5.96. The summed E-state index contributed by atoms with van der Waals surface area (Å²) in [6.07, 6.45) is -3.17. The maximum atomic E-state index is 12.9. The first-order valence-corrected chi connectivity index (χ1v) is 10.2. The number of aliphatic hydroxyl groups excluding tert-OH is 1. The number of benzene rings is 1. The quantitative estimate of drug-likeness (QED) is 0.725. The Balaban J connectivity index is 2.12. The maximum Gasteiger partial charge on any atom is 0.471 e. The molecule has 1 atom stereocenters. The molecule has 5 nitrogen and oxygen atoms in total. The molecule has 1 aliphatic carbocycles. The van der Waals surface area contributed by atoms with E-state index in [9.17, 15) is 31.5 Å². The van der Waals surface area contributed by atoms with Gasteiger partial charge in [-0.3, -0.25) is 4.79 Å². The Morgan fingerprint density at radius 3 is 2.59 bits per heavy atom. The molecule has 0 bridgehead atoms. The van der Waals surface area contributed by atoms with Crippen molar-refractivity contribution in [2.24, 2.45) is 5.92 Å². The number of sulfone groups is 1. The van der Waals surface area contributed by atoms with Crippen LogP contribution in [0.5, 0.6) is 0 Å². The molecule has 1 unspecified atom stereocenters. The molecule has 1 aromatic rings. The number of halogens is 3. The van der Waals surface area contributed by atoms with E-state index in [1.54, 1.807) is 5.32 Å². The molecule has 152 valence electrons. The largest absolute Gasteiger partial charge is 0.471 e. The van der Waals surface area contributed by atoms with E-state index in [1.807, 2.05) is 0 Å². The van der Waals surface area contributed by atoms with Crippen LogP contribution in [0.1, 0.15) is 52.9 Å². The number of nitrogens with one attached hydrogen (secondary N) is 1. The minimum absolute atomic E-state index is 0.117. The van der Waals surface area contributed by atoms with Crippen LogP contribution in [0.3, 0.4) is 0 Å². The molecule has 1 aliphatic rings. The number of amides is 1. The summed E-state index contributed by atoms with van der Waals surface area (Å²) in [5.41, 5.74) is -2.34. The fourth-order valence-electron chi connectivity index (χ4n) is 2.99. The Labute approximate surface area is 159 Å². The Bertz CT molecular complexity index is 825. The highest BCUT2D eigenvalue weighted by Crippen LogP contribution is 2.28. The van der Waals surface area contributed by atoms with Crippen molar-refractivity contribution in [2.75, 3.05) is 12.2 Å². The highest BCUT2D eigenvalue weighted by atomic mass is 32.2. The molecule has 0 saturated heterocycles. The minimum atomic E-state index is -5.02. The molecule has 1 amide bonds. The van der Waals surface area contributed by atoms with Gasteiger partial charge in [0.25, 0.3) is 0 Å². The van der Waals surface area contributed by atoms with Gasteiger partial charge in [0.1, 0.15) is 0 Å². The van der Waals surface area contributed by atoms with Crippen LogP contribution in [-0.2, 0) is 14.6 Å². The first-order valence-electron chi connectivity index (χ1n) is 9.75. The fraction of sp³-hybridized carbons (Fsp3) is 0.611. The van der Waals surface area contributed by atoms with Crippen LogP contribution in [0.15, 0.2) is 29.2 Å². The Morgan fingerprint density at radius 1 is 1.30 bits per heavy atom. The summed E-state index contributed by atoms with van der Waals surface area (Å²) in [6, 6.07) is 5.10. The summed E-state index contributed by atoms with van der Waals surface area (Å²) in [5, 5.41) is 11.8. The van der Waals surface area contributed by atoms with Gasteiger partial charge in [-0.05, 0) is 42.9 Å². The Kier molecular flexibility index (Phi) is 6.28. The zero-order valence-corrected chi connectivity index (χ0v) is 15.4. The lowest BCUT2D eigenvalue weighted by Gasteiger charge is -2.21. The zero-order chi connectivity index (χ0) is 21.9. The van der Waals surface area contributed by atoms with Gasteiger partial charge in [0, 0.05) is 9.29 Å². The minimum Gasteiger partial charge on any atom is -0.388 e. The summed E-state index contributed by atoms with van der Waals surface area (Å²) in [5.74, 6) is -2.74. The van der Waals surface area contributed by atoms with E-state index >= 15 is 0 Å². The smallest absolute Gasteiger partial charge is 0.388 e. The summed E-state index contributed by atoms with van der Waals surface area (Å²) in [7, 11) is -4.34. The van der Waals surface area contributed by atoms with Crippen LogP contribution >= 0.6 is 0 Å². The van der Waals surface area contributed by atoms with Gasteiger partial charge in [-0.1, -0.05) is 31.4 Å². The number of alkyl halides is 3. The number of hydrogen-bond acceptors (Lipinski definition) is 4. The van der Waals surface area contributed by atoms with Crippen molar-refractivity contribution >= 4 is 15.7 Å². The number of rotatable bonds is 7. The summed E-state index contributed by atoms with van der Waals surface area (Å²) in [4.78, 5) is 10.5. The van der Waals surface area contributed by atoms with Crippen LogP contribution in [0.2, 0.25) is 0 Å². The first-order chi connectivity index (χ1) is 13.4. The molecule has 1 saturated carbocycles. The number of hydrogen-bond donors (Lipinski definition) is 2. The molecule has 9 heteroatoms. The predicted molar refractivity (Wildman–Crippen MR) is 93.7 cm³/mol. The highest BCUT2D eigenvalue weighted by Gasteiger charge is 2.38. The lowest BCUT2D eigenvalue weighted by molar-refractivity contribution is -0.173. The summed E-state index contributed by atoms with van der Waals surface area (Å²) >= 11 is 0. The second-order valence-corrected chi connectivity index (χ2v) is 8.30. The van der Waals surface area contributed by atoms with Crippen LogP contribution in [0.4, 0.5) is 13.2 Å². The van der Waals surface area contributed by atoms with E-state index in [0.717, 1.165) is 25.3 Å². The number of carbonyl (C=O) groups is 1. The average Bonchev–Trinajstić information content (AvgIpc) is 2.67. The van der Waals surface area contributed by atoms with E-state index in [-0.39, 0.29) is 16.9 Å². The van der Waals surface area contributed by atoms with Crippen molar-refractivity contribution in [1.29, 1.82) is 0 Å². The van der Waals surface area contributed by atoms with E-state index in [0.29, 0.717) is 12.8 Å². The lowest BCUT2D eigenvalue weighted by atomic mass is 9.91.